The van der Waals surface area contributed by atoms with Gasteiger partial charge in [0.2, 0.25) is 0 Å². The molecule has 1 saturated heterocycles. The summed E-state index contributed by atoms with van der Waals surface area (Å²) >= 11 is 0. The van der Waals surface area contributed by atoms with Gasteiger partial charge in [-0.3, -0.25) is 9.78 Å². The zero-order chi connectivity index (χ0) is 20.1. The molecule has 1 unspecified atom stereocenters. The number of anilines is 1. The summed E-state index contributed by atoms with van der Waals surface area (Å²) < 4.78 is 10.9. The van der Waals surface area contributed by atoms with Crippen LogP contribution in [0.5, 0.6) is 5.75 Å². The molecule has 0 spiro atoms. The van der Waals surface area contributed by atoms with Gasteiger partial charge in [0.25, 0.3) is 5.91 Å². The maximum atomic E-state index is 12.4. The Morgan fingerprint density at radius 3 is 2.86 bits per heavy atom. The molecular weight excluding hydrogens is 358 g/mol. The first-order chi connectivity index (χ1) is 13.5. The van der Waals surface area contributed by atoms with E-state index in [4.69, 9.17) is 26.7 Å². The molecule has 0 bridgehead atoms. The fraction of sp³-hybridized carbons (Fsp3) is 0.300. The number of nitrogens with two attached hydrogens (primary N) is 3. The molecule has 1 atom stereocenters. The summed E-state index contributed by atoms with van der Waals surface area (Å²) in [5, 5.41) is 2.76. The number of para-hydroxylation sites is 1. The van der Waals surface area contributed by atoms with Crippen molar-refractivity contribution in [3.05, 3.63) is 47.9 Å². The molecule has 148 valence electrons. The molecule has 7 N–H and O–H groups in total. The number of methoxy groups -OCH3 is 1. The maximum absolute atomic E-state index is 12.4. The number of carbonyl (C=O) groups excluding carboxylic acids is 1. The Morgan fingerprint density at radius 1 is 1.32 bits per heavy atom. The second kappa shape index (κ2) is 8.62. The van der Waals surface area contributed by atoms with Gasteiger partial charge in [0.15, 0.2) is 0 Å². The Kier molecular flexibility index (Phi) is 6.00. The van der Waals surface area contributed by atoms with Crippen molar-refractivity contribution >= 4 is 17.3 Å². The van der Waals surface area contributed by atoms with E-state index in [-0.39, 0.29) is 17.5 Å². The number of hydrogen-bond acceptors (Lipinski definition) is 7. The van der Waals surface area contributed by atoms with Crippen LogP contribution in [0.3, 0.4) is 0 Å². The van der Waals surface area contributed by atoms with Crippen molar-refractivity contribution in [1.82, 2.24) is 10.3 Å². The molecular formula is C20H25N5O3. The van der Waals surface area contributed by atoms with Gasteiger partial charge in [0, 0.05) is 47.9 Å². The largest absolute Gasteiger partial charge is 0.496 e. The van der Waals surface area contributed by atoms with Crippen LogP contribution in [0.25, 0.3) is 16.8 Å². The average Bonchev–Trinajstić information content (AvgIpc) is 3.25. The van der Waals surface area contributed by atoms with Crippen molar-refractivity contribution in [1.29, 1.82) is 0 Å². The second-order valence-electron chi connectivity index (χ2n) is 6.52. The van der Waals surface area contributed by atoms with Gasteiger partial charge in [-0.1, -0.05) is 18.2 Å². The van der Waals surface area contributed by atoms with E-state index in [1.54, 1.807) is 37.7 Å². The summed E-state index contributed by atoms with van der Waals surface area (Å²) in [4.78, 5) is 16.5. The van der Waals surface area contributed by atoms with Gasteiger partial charge in [0.1, 0.15) is 11.4 Å². The van der Waals surface area contributed by atoms with Gasteiger partial charge in [-0.25, -0.2) is 0 Å². The number of carbonyl (C=O) groups is 1. The molecule has 1 fully saturated rings. The molecule has 0 saturated carbocycles. The summed E-state index contributed by atoms with van der Waals surface area (Å²) in [5.41, 5.74) is 20.8. The Morgan fingerprint density at radius 2 is 2.14 bits per heavy atom. The molecule has 1 aliphatic rings. The van der Waals surface area contributed by atoms with E-state index in [0.29, 0.717) is 29.1 Å². The van der Waals surface area contributed by atoms with Crippen LogP contribution < -0.4 is 27.3 Å². The lowest BCUT2D eigenvalue weighted by Gasteiger charge is -2.16. The van der Waals surface area contributed by atoms with Crippen molar-refractivity contribution in [2.45, 2.75) is 18.9 Å². The monoisotopic (exact) mass is 383 g/mol. The number of nitrogen functional groups attached to an aromatic ring is 1. The highest BCUT2D eigenvalue weighted by Crippen LogP contribution is 2.36. The molecule has 8 nitrogen and oxygen atoms in total. The Hall–Kier alpha value is -3.26. The lowest BCUT2D eigenvalue weighted by atomic mass is 9.98. The molecule has 28 heavy (non-hydrogen) atoms. The average molecular weight is 383 g/mol. The van der Waals surface area contributed by atoms with Crippen LogP contribution in [0.2, 0.25) is 0 Å². The summed E-state index contributed by atoms with van der Waals surface area (Å²) in [7, 11) is 1.57. The molecule has 2 aromatic rings. The van der Waals surface area contributed by atoms with Crippen LogP contribution in [-0.2, 0) is 9.53 Å². The molecule has 8 heteroatoms. The fourth-order valence-electron chi connectivity index (χ4n) is 3.17. The SMILES string of the molecule is COc1ccncc1-c1cccc(/C(N)=C(\N)C(=O)NCC2CCCO2)c1N. The predicted octanol–water partition coefficient (Wildman–Crippen LogP) is 1.22. The van der Waals surface area contributed by atoms with Crippen molar-refractivity contribution in [3.63, 3.8) is 0 Å². The van der Waals surface area contributed by atoms with E-state index < -0.39 is 5.91 Å². The van der Waals surface area contributed by atoms with Crippen LogP contribution in [0.15, 0.2) is 42.4 Å². The Bertz CT molecular complexity index is 891. The molecule has 1 aromatic carbocycles. The summed E-state index contributed by atoms with van der Waals surface area (Å²) in [6, 6.07) is 7.09. The van der Waals surface area contributed by atoms with Crippen LogP contribution in [0, 0.1) is 0 Å². The topological polar surface area (TPSA) is 139 Å². The zero-order valence-corrected chi connectivity index (χ0v) is 15.8. The van der Waals surface area contributed by atoms with Gasteiger partial charge in [0.05, 0.1) is 18.9 Å². The highest BCUT2D eigenvalue weighted by atomic mass is 16.5. The fourth-order valence-corrected chi connectivity index (χ4v) is 3.17. The van der Waals surface area contributed by atoms with Crippen LogP contribution in [0.1, 0.15) is 18.4 Å². The van der Waals surface area contributed by atoms with Crippen LogP contribution >= 0.6 is 0 Å². The van der Waals surface area contributed by atoms with Gasteiger partial charge in [-0.2, -0.15) is 0 Å². The molecule has 1 aliphatic heterocycles. The van der Waals surface area contributed by atoms with Crippen molar-refractivity contribution in [2.75, 3.05) is 26.0 Å². The standard InChI is InChI=1S/C20H25N5O3/c1-27-16-7-8-24-11-15(16)13-5-2-6-14(17(13)21)18(22)19(23)20(26)25-10-12-4-3-9-28-12/h2,5-8,11-12H,3-4,9-10,21-23H2,1H3,(H,25,26)/b19-18+. The Labute approximate surface area is 163 Å². The summed E-state index contributed by atoms with van der Waals surface area (Å²) in [6.07, 6.45) is 5.22. The summed E-state index contributed by atoms with van der Waals surface area (Å²) in [5.74, 6) is 0.181. The first kappa shape index (κ1) is 19.5. The molecule has 1 amide bonds. The van der Waals surface area contributed by atoms with Gasteiger partial charge in [-0.05, 0) is 18.9 Å². The van der Waals surface area contributed by atoms with Gasteiger partial charge < -0.3 is 32.0 Å². The normalized spacial score (nSPS) is 17.1. The maximum Gasteiger partial charge on any atom is 0.269 e. The quantitative estimate of drug-likeness (QED) is 0.434. The number of amides is 1. The van der Waals surface area contributed by atoms with Crippen LogP contribution in [0.4, 0.5) is 5.69 Å². The number of nitrogens with zero attached hydrogens (tertiary/aromatic N) is 1. The minimum absolute atomic E-state index is 0.0180. The molecule has 1 aromatic heterocycles. The smallest absolute Gasteiger partial charge is 0.269 e. The molecule has 0 aliphatic carbocycles. The minimum atomic E-state index is -0.447. The van der Waals surface area contributed by atoms with Gasteiger partial charge >= 0.3 is 0 Å². The molecule has 3 rings (SSSR count). The van der Waals surface area contributed by atoms with E-state index in [2.05, 4.69) is 10.3 Å². The number of hydrogen-bond donors (Lipinski definition) is 4. The number of ether oxygens (including phenoxy) is 2. The highest BCUT2D eigenvalue weighted by molar-refractivity contribution is 6.01. The zero-order valence-electron chi connectivity index (χ0n) is 15.8. The predicted molar refractivity (Wildman–Crippen MR) is 108 cm³/mol. The Balaban J connectivity index is 1.87. The van der Waals surface area contributed by atoms with E-state index in [9.17, 15) is 4.79 Å². The first-order valence-corrected chi connectivity index (χ1v) is 9.05. The third-order valence-electron chi connectivity index (χ3n) is 4.74. The van der Waals surface area contributed by atoms with Crippen LogP contribution in [-0.4, -0.2) is 37.3 Å². The van der Waals surface area contributed by atoms with Crippen molar-refractivity contribution in [2.24, 2.45) is 11.5 Å². The minimum Gasteiger partial charge on any atom is -0.496 e. The lowest BCUT2D eigenvalue weighted by Crippen LogP contribution is -2.36. The van der Waals surface area contributed by atoms with Gasteiger partial charge in [-0.15, -0.1) is 0 Å². The number of pyridine rings is 1. The number of aromatic nitrogens is 1. The number of nitrogens with one attached hydrogen (secondary N) is 1. The van der Waals surface area contributed by atoms with E-state index in [1.165, 1.54) is 0 Å². The first-order valence-electron chi connectivity index (χ1n) is 9.05. The third kappa shape index (κ3) is 4.01. The van der Waals surface area contributed by atoms with Crippen molar-refractivity contribution < 1.29 is 14.3 Å². The van der Waals surface area contributed by atoms with Crippen molar-refractivity contribution in [3.8, 4) is 16.9 Å². The second-order valence-corrected chi connectivity index (χ2v) is 6.52. The highest BCUT2D eigenvalue weighted by Gasteiger charge is 2.20. The van der Waals surface area contributed by atoms with E-state index in [0.717, 1.165) is 25.0 Å². The third-order valence-corrected chi connectivity index (χ3v) is 4.74. The summed E-state index contributed by atoms with van der Waals surface area (Å²) in [6.45, 7) is 1.12. The van der Waals surface area contributed by atoms with E-state index in [1.807, 2.05) is 6.07 Å². The number of benzene rings is 1. The van der Waals surface area contributed by atoms with E-state index >= 15 is 0 Å². The number of rotatable bonds is 6. The molecule has 0 radical (unpaired) electrons. The lowest BCUT2D eigenvalue weighted by molar-refractivity contribution is -0.118. The molecule has 2 heterocycles.